The molecule has 3 N–H and O–H groups in total. The van der Waals surface area contributed by atoms with Crippen molar-refractivity contribution in [1.82, 2.24) is 10.2 Å². The zero-order valence-electron chi connectivity index (χ0n) is 10.5. The molecule has 0 heterocycles. The lowest BCUT2D eigenvalue weighted by Gasteiger charge is -2.25. The number of benzene rings is 1. The number of rotatable bonds is 6. The molecule has 1 amide bonds. The Kier molecular flexibility index (Phi) is 5.66. The molecule has 1 aromatic carbocycles. The lowest BCUT2D eigenvalue weighted by molar-refractivity contribution is -0.121. The van der Waals surface area contributed by atoms with Crippen LogP contribution in [0, 0.1) is 0 Å². The highest BCUT2D eigenvalue weighted by molar-refractivity contribution is 5.76. The molecular formula is C13H21N3O. The summed E-state index contributed by atoms with van der Waals surface area (Å²) >= 11 is 0. The van der Waals surface area contributed by atoms with Crippen molar-refractivity contribution in [3.63, 3.8) is 0 Å². The highest BCUT2D eigenvalue weighted by Crippen LogP contribution is 2.16. The molecule has 0 aliphatic heterocycles. The molecule has 0 aliphatic rings. The number of hydrogen-bond acceptors (Lipinski definition) is 3. The van der Waals surface area contributed by atoms with Crippen LogP contribution in [0.5, 0.6) is 0 Å². The van der Waals surface area contributed by atoms with Crippen LogP contribution in [-0.4, -0.2) is 38.0 Å². The first-order chi connectivity index (χ1) is 8.15. The molecule has 94 valence electrons. The second-order valence-corrected chi connectivity index (χ2v) is 4.23. The molecule has 1 unspecified atom stereocenters. The minimum absolute atomic E-state index is 0.00952. The highest BCUT2D eigenvalue weighted by Gasteiger charge is 2.14. The van der Waals surface area contributed by atoms with Crippen LogP contribution in [-0.2, 0) is 4.79 Å². The Hall–Kier alpha value is -1.39. The van der Waals surface area contributed by atoms with Crippen LogP contribution in [0.25, 0.3) is 0 Å². The monoisotopic (exact) mass is 235 g/mol. The Morgan fingerprint density at radius 1 is 1.35 bits per heavy atom. The van der Waals surface area contributed by atoms with Gasteiger partial charge in [-0.25, -0.2) is 0 Å². The largest absolute Gasteiger partial charge is 0.354 e. The van der Waals surface area contributed by atoms with Crippen molar-refractivity contribution in [1.29, 1.82) is 0 Å². The molecule has 0 saturated heterocycles. The minimum atomic E-state index is 0.00952. The standard InChI is InChI=1S/C13H21N3O/c1-16(2)12(10-15-13(17)8-9-14)11-6-4-3-5-7-11/h3-7,12H,8-10,14H2,1-2H3,(H,15,17). The maximum absolute atomic E-state index is 11.4. The second-order valence-electron chi connectivity index (χ2n) is 4.23. The number of nitrogens with two attached hydrogens (primary N) is 1. The fourth-order valence-electron chi connectivity index (χ4n) is 1.70. The van der Waals surface area contributed by atoms with Gasteiger partial charge < -0.3 is 16.0 Å². The van der Waals surface area contributed by atoms with E-state index in [1.165, 1.54) is 5.56 Å². The zero-order chi connectivity index (χ0) is 12.7. The van der Waals surface area contributed by atoms with E-state index in [1.807, 2.05) is 32.3 Å². The van der Waals surface area contributed by atoms with Gasteiger partial charge in [0.25, 0.3) is 0 Å². The van der Waals surface area contributed by atoms with Crippen molar-refractivity contribution in [3.8, 4) is 0 Å². The first-order valence-electron chi connectivity index (χ1n) is 5.83. The number of nitrogens with one attached hydrogen (secondary N) is 1. The molecule has 4 nitrogen and oxygen atoms in total. The average molecular weight is 235 g/mol. The number of nitrogens with zero attached hydrogens (tertiary/aromatic N) is 1. The van der Waals surface area contributed by atoms with Gasteiger partial charge in [-0.1, -0.05) is 30.3 Å². The van der Waals surface area contributed by atoms with Crippen LogP contribution in [0.15, 0.2) is 30.3 Å². The summed E-state index contributed by atoms with van der Waals surface area (Å²) in [7, 11) is 4.01. The first kappa shape index (κ1) is 13.7. The number of likely N-dealkylation sites (N-methyl/N-ethyl adjacent to an activating group) is 1. The van der Waals surface area contributed by atoms with Gasteiger partial charge in [0.15, 0.2) is 0 Å². The third-order valence-electron chi connectivity index (χ3n) is 2.67. The van der Waals surface area contributed by atoms with Gasteiger partial charge in [0.2, 0.25) is 5.91 Å². The summed E-state index contributed by atoms with van der Waals surface area (Å²) in [6.45, 7) is 1.000. The highest BCUT2D eigenvalue weighted by atomic mass is 16.1. The molecule has 0 radical (unpaired) electrons. The molecule has 4 heteroatoms. The molecule has 0 aliphatic carbocycles. The van der Waals surface area contributed by atoms with Gasteiger partial charge in [0.1, 0.15) is 0 Å². The zero-order valence-corrected chi connectivity index (χ0v) is 10.5. The normalized spacial score (nSPS) is 12.5. The number of carbonyl (C=O) groups excluding carboxylic acids is 1. The molecule has 0 fully saturated rings. The quantitative estimate of drug-likeness (QED) is 0.765. The SMILES string of the molecule is CN(C)C(CNC(=O)CCN)c1ccccc1. The smallest absolute Gasteiger partial charge is 0.221 e. The van der Waals surface area contributed by atoms with Gasteiger partial charge in [-0.05, 0) is 19.7 Å². The molecule has 1 rings (SSSR count). The van der Waals surface area contributed by atoms with Crippen molar-refractivity contribution in [3.05, 3.63) is 35.9 Å². The van der Waals surface area contributed by atoms with Crippen molar-refractivity contribution in [2.45, 2.75) is 12.5 Å². The number of carbonyl (C=O) groups is 1. The molecule has 0 bridgehead atoms. The van der Waals surface area contributed by atoms with E-state index in [0.29, 0.717) is 19.5 Å². The van der Waals surface area contributed by atoms with E-state index in [1.54, 1.807) is 0 Å². The summed E-state index contributed by atoms with van der Waals surface area (Å²) < 4.78 is 0. The third-order valence-corrected chi connectivity index (χ3v) is 2.67. The van der Waals surface area contributed by atoms with Crippen LogP contribution in [0.1, 0.15) is 18.0 Å². The summed E-state index contributed by atoms with van der Waals surface area (Å²) in [5.41, 5.74) is 6.54. The van der Waals surface area contributed by atoms with E-state index in [9.17, 15) is 4.79 Å². The van der Waals surface area contributed by atoms with E-state index in [4.69, 9.17) is 5.73 Å². The Balaban J connectivity index is 2.59. The molecule has 0 spiro atoms. The Bertz CT molecular complexity index is 338. The van der Waals surface area contributed by atoms with Gasteiger partial charge in [-0.2, -0.15) is 0 Å². The predicted octanol–water partition coefficient (Wildman–Crippen LogP) is 0.754. The fraction of sp³-hybridized carbons (Fsp3) is 0.462. The lowest BCUT2D eigenvalue weighted by Crippen LogP contribution is -2.35. The summed E-state index contributed by atoms with van der Waals surface area (Å²) in [5.74, 6) is 0.00952. The molecule has 0 saturated carbocycles. The van der Waals surface area contributed by atoms with Gasteiger partial charge in [-0.3, -0.25) is 4.79 Å². The van der Waals surface area contributed by atoms with E-state index in [0.717, 1.165) is 0 Å². The number of amides is 1. The average Bonchev–Trinajstić information content (AvgIpc) is 2.30. The maximum atomic E-state index is 11.4. The Morgan fingerprint density at radius 2 is 2.00 bits per heavy atom. The Labute approximate surface area is 103 Å². The molecule has 17 heavy (non-hydrogen) atoms. The maximum Gasteiger partial charge on any atom is 0.221 e. The summed E-state index contributed by atoms with van der Waals surface area (Å²) in [5, 5.41) is 2.90. The topological polar surface area (TPSA) is 58.4 Å². The van der Waals surface area contributed by atoms with Crippen molar-refractivity contribution >= 4 is 5.91 Å². The minimum Gasteiger partial charge on any atom is -0.354 e. The molecule has 0 aromatic heterocycles. The molecule has 1 atom stereocenters. The summed E-state index contributed by atoms with van der Waals surface area (Å²) in [4.78, 5) is 13.5. The lowest BCUT2D eigenvalue weighted by atomic mass is 10.1. The van der Waals surface area contributed by atoms with Gasteiger partial charge in [0.05, 0.1) is 6.04 Å². The Morgan fingerprint density at radius 3 is 2.53 bits per heavy atom. The van der Waals surface area contributed by atoms with Crippen LogP contribution in [0.4, 0.5) is 0 Å². The van der Waals surface area contributed by atoms with Crippen LogP contribution >= 0.6 is 0 Å². The van der Waals surface area contributed by atoms with E-state index < -0.39 is 0 Å². The van der Waals surface area contributed by atoms with Crippen molar-refractivity contribution in [2.24, 2.45) is 5.73 Å². The van der Waals surface area contributed by atoms with Crippen LogP contribution in [0.3, 0.4) is 0 Å². The molecular weight excluding hydrogens is 214 g/mol. The van der Waals surface area contributed by atoms with Gasteiger partial charge in [0, 0.05) is 19.5 Å². The van der Waals surface area contributed by atoms with E-state index in [2.05, 4.69) is 22.3 Å². The van der Waals surface area contributed by atoms with Crippen LogP contribution < -0.4 is 11.1 Å². The van der Waals surface area contributed by atoms with E-state index in [-0.39, 0.29) is 11.9 Å². The van der Waals surface area contributed by atoms with E-state index >= 15 is 0 Å². The van der Waals surface area contributed by atoms with Crippen LogP contribution in [0.2, 0.25) is 0 Å². The van der Waals surface area contributed by atoms with Crippen molar-refractivity contribution in [2.75, 3.05) is 27.2 Å². The summed E-state index contributed by atoms with van der Waals surface area (Å²) in [6, 6.07) is 10.3. The third kappa shape index (κ3) is 4.54. The summed E-state index contributed by atoms with van der Waals surface area (Å²) in [6.07, 6.45) is 0.384. The van der Waals surface area contributed by atoms with Gasteiger partial charge in [-0.15, -0.1) is 0 Å². The predicted molar refractivity (Wildman–Crippen MR) is 69.6 cm³/mol. The van der Waals surface area contributed by atoms with Crippen molar-refractivity contribution < 1.29 is 4.79 Å². The number of hydrogen-bond donors (Lipinski definition) is 2. The molecule has 1 aromatic rings. The fourth-order valence-corrected chi connectivity index (χ4v) is 1.70. The second kappa shape index (κ2) is 7.04. The first-order valence-corrected chi connectivity index (χ1v) is 5.83. The van der Waals surface area contributed by atoms with Gasteiger partial charge >= 0.3 is 0 Å².